The first kappa shape index (κ1) is 10.1. The van der Waals surface area contributed by atoms with E-state index in [4.69, 9.17) is 12.2 Å². The first-order chi connectivity index (χ1) is 7.15. The average Bonchev–Trinajstić information content (AvgIpc) is 2.49. The van der Waals surface area contributed by atoms with Gasteiger partial charge < -0.3 is 5.10 Å². The largest absolute Gasteiger partial charge is 0.302 e. The van der Waals surface area contributed by atoms with Gasteiger partial charge in [-0.2, -0.15) is 0 Å². The third-order valence-electron chi connectivity index (χ3n) is 2.17. The van der Waals surface area contributed by atoms with E-state index in [-0.39, 0.29) is 5.82 Å². The van der Waals surface area contributed by atoms with E-state index < -0.39 is 0 Å². The summed E-state index contributed by atoms with van der Waals surface area (Å²) in [6, 6.07) is 8.32. The maximum absolute atomic E-state index is 12.7. The van der Waals surface area contributed by atoms with Gasteiger partial charge in [0.15, 0.2) is 0 Å². The van der Waals surface area contributed by atoms with Gasteiger partial charge in [-0.3, -0.25) is 4.68 Å². The molecule has 1 aromatic heterocycles. The minimum atomic E-state index is -0.218. The molecule has 0 aliphatic carbocycles. The number of aromatic nitrogens is 2. The van der Waals surface area contributed by atoms with E-state index in [2.05, 4.69) is 5.10 Å². The van der Waals surface area contributed by atoms with Gasteiger partial charge in [0, 0.05) is 5.69 Å². The smallest absolute Gasteiger partial charge is 0.123 e. The second kappa shape index (κ2) is 3.98. The van der Waals surface area contributed by atoms with Crippen LogP contribution >= 0.6 is 12.2 Å². The van der Waals surface area contributed by atoms with Gasteiger partial charge in [-0.15, -0.1) is 0 Å². The zero-order chi connectivity index (χ0) is 10.8. The molecule has 78 valence electrons. The number of aryl methyl sites for hydroxylation is 1. The summed E-state index contributed by atoms with van der Waals surface area (Å²) >= 11 is 5.16. The number of aromatic amines is 1. The molecule has 2 rings (SSSR count). The second-order valence-corrected chi connectivity index (χ2v) is 3.91. The normalized spacial score (nSPS) is 10.5. The Bertz CT molecular complexity index is 510. The van der Waals surface area contributed by atoms with Crippen molar-refractivity contribution in [2.24, 2.45) is 0 Å². The highest BCUT2D eigenvalue weighted by atomic mass is 32.1. The Labute approximate surface area is 92.3 Å². The van der Waals surface area contributed by atoms with Crippen LogP contribution in [0.15, 0.2) is 30.3 Å². The molecular weight excluding hydrogens is 211 g/mol. The number of benzene rings is 1. The van der Waals surface area contributed by atoms with Crippen LogP contribution in [0.5, 0.6) is 0 Å². The lowest BCUT2D eigenvalue weighted by Gasteiger charge is -2.02. The van der Waals surface area contributed by atoms with Crippen LogP contribution in [0.4, 0.5) is 4.39 Å². The Morgan fingerprint density at radius 1 is 1.33 bits per heavy atom. The number of hydrogen-bond acceptors (Lipinski definition) is 1. The third kappa shape index (κ3) is 2.33. The van der Waals surface area contributed by atoms with E-state index in [1.807, 2.05) is 17.7 Å². The van der Waals surface area contributed by atoms with Crippen molar-refractivity contribution in [3.05, 3.63) is 52.0 Å². The van der Waals surface area contributed by atoms with Crippen LogP contribution in [0.3, 0.4) is 0 Å². The summed E-state index contributed by atoms with van der Waals surface area (Å²) in [5, 5.41) is 3.13. The van der Waals surface area contributed by atoms with Crippen molar-refractivity contribution in [1.29, 1.82) is 0 Å². The molecular formula is C11H11FN2S. The molecule has 1 heterocycles. The van der Waals surface area contributed by atoms with Crippen LogP contribution in [0.1, 0.15) is 11.3 Å². The minimum absolute atomic E-state index is 0.218. The van der Waals surface area contributed by atoms with Crippen molar-refractivity contribution >= 4 is 12.2 Å². The average molecular weight is 222 g/mol. The summed E-state index contributed by atoms with van der Waals surface area (Å²) in [4.78, 5) is 0. The highest BCUT2D eigenvalue weighted by Gasteiger charge is 1.98. The molecule has 0 aliphatic heterocycles. The summed E-state index contributed by atoms with van der Waals surface area (Å²) in [5.74, 6) is -0.218. The lowest BCUT2D eigenvalue weighted by molar-refractivity contribution is 0.623. The fourth-order valence-corrected chi connectivity index (χ4v) is 1.74. The van der Waals surface area contributed by atoms with Gasteiger partial charge in [-0.25, -0.2) is 4.39 Å². The van der Waals surface area contributed by atoms with Gasteiger partial charge in [0.25, 0.3) is 0 Å². The van der Waals surface area contributed by atoms with E-state index in [1.54, 1.807) is 12.1 Å². The maximum atomic E-state index is 12.7. The van der Waals surface area contributed by atoms with E-state index in [0.29, 0.717) is 6.54 Å². The molecule has 4 heteroatoms. The highest BCUT2D eigenvalue weighted by Crippen LogP contribution is 2.06. The topological polar surface area (TPSA) is 20.7 Å². The van der Waals surface area contributed by atoms with Crippen LogP contribution in [0, 0.1) is 17.4 Å². The highest BCUT2D eigenvalue weighted by molar-refractivity contribution is 7.71. The van der Waals surface area contributed by atoms with Gasteiger partial charge in [-0.1, -0.05) is 24.4 Å². The predicted octanol–water partition coefficient (Wildman–Crippen LogP) is 3.04. The third-order valence-corrected chi connectivity index (χ3v) is 2.51. The first-order valence-electron chi connectivity index (χ1n) is 4.66. The molecule has 0 unspecified atom stereocenters. The summed E-state index contributed by atoms with van der Waals surface area (Å²) in [7, 11) is 0. The fourth-order valence-electron chi connectivity index (χ4n) is 1.45. The quantitative estimate of drug-likeness (QED) is 0.774. The molecule has 0 amide bonds. The molecule has 0 saturated carbocycles. The molecule has 0 saturated heterocycles. The van der Waals surface area contributed by atoms with Crippen LogP contribution < -0.4 is 0 Å². The summed E-state index contributed by atoms with van der Waals surface area (Å²) < 4.78 is 15.3. The first-order valence-corrected chi connectivity index (χ1v) is 5.07. The lowest BCUT2D eigenvalue weighted by atomic mass is 10.2. The number of rotatable bonds is 2. The lowest BCUT2D eigenvalue weighted by Crippen LogP contribution is -2.01. The van der Waals surface area contributed by atoms with Gasteiger partial charge in [-0.05, 0) is 30.7 Å². The Hall–Kier alpha value is -1.42. The van der Waals surface area contributed by atoms with E-state index in [9.17, 15) is 4.39 Å². The predicted molar refractivity (Wildman–Crippen MR) is 59.9 cm³/mol. The minimum Gasteiger partial charge on any atom is -0.302 e. The summed E-state index contributed by atoms with van der Waals surface area (Å²) in [6.07, 6.45) is 0. The number of H-pyrrole nitrogens is 1. The van der Waals surface area contributed by atoms with Gasteiger partial charge in [0.1, 0.15) is 10.5 Å². The number of halogens is 1. The molecule has 1 N–H and O–H groups in total. The van der Waals surface area contributed by atoms with Crippen molar-refractivity contribution in [3.63, 3.8) is 0 Å². The van der Waals surface area contributed by atoms with Crippen molar-refractivity contribution in [3.8, 4) is 0 Å². The summed E-state index contributed by atoms with van der Waals surface area (Å²) in [6.45, 7) is 2.60. The SMILES string of the molecule is Cc1cc(=S)n(Cc2ccc(F)cc2)[nH]1. The monoisotopic (exact) mass is 222 g/mol. The number of hydrogen-bond donors (Lipinski definition) is 1. The number of nitrogens with zero attached hydrogens (tertiary/aromatic N) is 1. The zero-order valence-electron chi connectivity index (χ0n) is 8.33. The Morgan fingerprint density at radius 2 is 2.00 bits per heavy atom. The summed E-state index contributed by atoms with van der Waals surface area (Å²) in [5.41, 5.74) is 2.05. The fraction of sp³-hybridized carbons (Fsp3) is 0.182. The van der Waals surface area contributed by atoms with Crippen LogP contribution in [-0.2, 0) is 6.54 Å². The van der Waals surface area contributed by atoms with Crippen LogP contribution in [0.2, 0.25) is 0 Å². The van der Waals surface area contributed by atoms with E-state index in [1.165, 1.54) is 12.1 Å². The maximum Gasteiger partial charge on any atom is 0.123 e. The molecule has 0 atom stereocenters. The van der Waals surface area contributed by atoms with Crippen LogP contribution in [-0.4, -0.2) is 9.78 Å². The van der Waals surface area contributed by atoms with Crippen LogP contribution in [0.25, 0.3) is 0 Å². The molecule has 2 aromatic rings. The second-order valence-electron chi connectivity index (χ2n) is 3.49. The van der Waals surface area contributed by atoms with E-state index >= 15 is 0 Å². The Balaban J connectivity index is 2.25. The molecule has 1 aromatic carbocycles. The molecule has 2 nitrogen and oxygen atoms in total. The molecule has 0 radical (unpaired) electrons. The molecule has 0 spiro atoms. The van der Waals surface area contributed by atoms with Crippen molar-refractivity contribution in [2.75, 3.05) is 0 Å². The van der Waals surface area contributed by atoms with E-state index in [0.717, 1.165) is 15.9 Å². The molecule has 0 bridgehead atoms. The molecule has 0 aliphatic rings. The zero-order valence-corrected chi connectivity index (χ0v) is 9.14. The standard InChI is InChI=1S/C11H11FN2S/c1-8-6-11(15)14(13-8)7-9-2-4-10(12)5-3-9/h2-6,13H,7H2,1H3. The Morgan fingerprint density at radius 3 is 2.53 bits per heavy atom. The molecule has 0 fully saturated rings. The van der Waals surface area contributed by atoms with Crippen molar-refractivity contribution < 1.29 is 4.39 Å². The van der Waals surface area contributed by atoms with Crippen molar-refractivity contribution in [1.82, 2.24) is 9.78 Å². The van der Waals surface area contributed by atoms with Crippen molar-refractivity contribution in [2.45, 2.75) is 13.5 Å². The van der Waals surface area contributed by atoms with Gasteiger partial charge >= 0.3 is 0 Å². The number of nitrogens with one attached hydrogen (secondary N) is 1. The van der Waals surface area contributed by atoms with Gasteiger partial charge in [0.05, 0.1) is 6.54 Å². The Kier molecular flexibility index (Phi) is 2.68. The van der Waals surface area contributed by atoms with Gasteiger partial charge in [0.2, 0.25) is 0 Å². The molecule has 15 heavy (non-hydrogen) atoms.